The van der Waals surface area contributed by atoms with E-state index in [2.05, 4.69) is 33.8 Å². The molecule has 3 rings (SSSR count). The van der Waals surface area contributed by atoms with E-state index in [1.165, 1.54) is 11.1 Å². The first-order chi connectivity index (χ1) is 10.2. The van der Waals surface area contributed by atoms with Crippen molar-refractivity contribution in [3.63, 3.8) is 0 Å². The van der Waals surface area contributed by atoms with Crippen molar-refractivity contribution >= 4 is 30.7 Å². The predicted octanol–water partition coefficient (Wildman–Crippen LogP) is 2.70. The fraction of sp³-hybridized carbons (Fsp3) is 0.294. The minimum absolute atomic E-state index is 0. The fourth-order valence-electron chi connectivity index (χ4n) is 2.51. The second-order valence-corrected chi connectivity index (χ2v) is 5.47. The van der Waals surface area contributed by atoms with Crippen molar-refractivity contribution in [2.75, 3.05) is 0 Å². The highest BCUT2D eigenvalue weighted by atomic mass is 35.5. The van der Waals surface area contributed by atoms with Crippen LogP contribution in [0, 0.1) is 6.92 Å². The Balaban J connectivity index is 0.00000132. The van der Waals surface area contributed by atoms with Crippen molar-refractivity contribution in [2.24, 2.45) is 0 Å². The van der Waals surface area contributed by atoms with Crippen LogP contribution in [0.1, 0.15) is 27.9 Å². The van der Waals surface area contributed by atoms with Gasteiger partial charge in [-0.05, 0) is 35.2 Å². The number of carbonyl (C=O) groups is 1. The highest BCUT2D eigenvalue weighted by Crippen LogP contribution is 2.16. The van der Waals surface area contributed by atoms with Gasteiger partial charge in [0.1, 0.15) is 0 Å². The van der Waals surface area contributed by atoms with Crippen LogP contribution in [0.25, 0.3) is 0 Å². The monoisotopic (exact) mass is 353 g/mol. The number of aryl methyl sites for hydroxylation is 1. The van der Waals surface area contributed by atoms with Crippen LogP contribution < -0.4 is 10.6 Å². The molecule has 0 unspecified atom stereocenters. The van der Waals surface area contributed by atoms with Crippen LogP contribution in [-0.4, -0.2) is 10.9 Å². The van der Waals surface area contributed by atoms with Crippen molar-refractivity contribution in [2.45, 2.75) is 33.0 Å². The molecule has 4 nitrogen and oxygen atoms in total. The van der Waals surface area contributed by atoms with E-state index >= 15 is 0 Å². The van der Waals surface area contributed by atoms with Crippen LogP contribution in [-0.2, 0) is 30.8 Å². The molecule has 2 N–H and O–H groups in total. The van der Waals surface area contributed by atoms with Crippen molar-refractivity contribution in [3.05, 3.63) is 64.5 Å². The summed E-state index contributed by atoms with van der Waals surface area (Å²) in [5, 5.41) is 6.29. The molecule has 0 radical (unpaired) electrons. The van der Waals surface area contributed by atoms with Crippen LogP contribution in [0.5, 0.6) is 0 Å². The lowest BCUT2D eigenvalue weighted by Crippen LogP contribution is -2.24. The number of nitrogens with zero attached hydrogens (tertiary/aromatic N) is 1. The molecule has 1 aromatic heterocycles. The van der Waals surface area contributed by atoms with Gasteiger partial charge in [-0.1, -0.05) is 24.3 Å². The zero-order valence-corrected chi connectivity index (χ0v) is 14.6. The van der Waals surface area contributed by atoms with Gasteiger partial charge in [0, 0.05) is 31.5 Å². The standard InChI is InChI=1S/C17H19N3O.2ClH/c1-12-2-3-14(8-19-12)7-17(21)20-9-13-4-5-15-10-18-11-16(15)6-13;;/h2-6,8,18H,7,9-11H2,1H3,(H,20,21);2*1H. The van der Waals surface area contributed by atoms with E-state index in [4.69, 9.17) is 0 Å². The number of fused-ring (bicyclic) bond motifs is 1. The van der Waals surface area contributed by atoms with Gasteiger partial charge in [0.15, 0.2) is 0 Å². The highest BCUT2D eigenvalue weighted by molar-refractivity contribution is 5.85. The molecular weight excluding hydrogens is 333 g/mol. The zero-order chi connectivity index (χ0) is 14.7. The van der Waals surface area contributed by atoms with Crippen molar-refractivity contribution < 1.29 is 4.79 Å². The van der Waals surface area contributed by atoms with Gasteiger partial charge in [0.05, 0.1) is 6.42 Å². The van der Waals surface area contributed by atoms with E-state index in [0.717, 1.165) is 29.9 Å². The van der Waals surface area contributed by atoms with Gasteiger partial charge in [-0.15, -0.1) is 24.8 Å². The second-order valence-electron chi connectivity index (χ2n) is 5.47. The summed E-state index contributed by atoms with van der Waals surface area (Å²) in [6, 6.07) is 10.3. The van der Waals surface area contributed by atoms with Gasteiger partial charge in [0.25, 0.3) is 0 Å². The normalized spacial score (nSPS) is 11.9. The van der Waals surface area contributed by atoms with Gasteiger partial charge in [0.2, 0.25) is 5.91 Å². The maximum Gasteiger partial charge on any atom is 0.224 e. The molecule has 2 aromatic rings. The molecule has 0 atom stereocenters. The molecule has 1 aromatic carbocycles. The van der Waals surface area contributed by atoms with Crippen molar-refractivity contribution in [3.8, 4) is 0 Å². The molecule has 124 valence electrons. The number of hydrogen-bond acceptors (Lipinski definition) is 3. The Labute approximate surface area is 148 Å². The average molecular weight is 354 g/mol. The van der Waals surface area contributed by atoms with Crippen molar-refractivity contribution in [1.29, 1.82) is 0 Å². The molecule has 0 bridgehead atoms. The number of amides is 1. The van der Waals surface area contributed by atoms with Crippen molar-refractivity contribution in [1.82, 2.24) is 15.6 Å². The number of benzene rings is 1. The lowest BCUT2D eigenvalue weighted by molar-refractivity contribution is -0.120. The molecule has 6 heteroatoms. The molecule has 1 amide bonds. The smallest absolute Gasteiger partial charge is 0.224 e. The molecule has 1 aliphatic rings. The average Bonchev–Trinajstić information content (AvgIpc) is 2.95. The predicted molar refractivity (Wildman–Crippen MR) is 96.0 cm³/mol. The molecule has 0 saturated carbocycles. The van der Waals surface area contributed by atoms with Gasteiger partial charge in [-0.2, -0.15) is 0 Å². The van der Waals surface area contributed by atoms with Crippen LogP contribution in [0.3, 0.4) is 0 Å². The van der Waals surface area contributed by atoms with Gasteiger partial charge in [-0.25, -0.2) is 0 Å². The molecule has 23 heavy (non-hydrogen) atoms. The summed E-state index contributed by atoms with van der Waals surface area (Å²) in [6.45, 7) is 4.38. The summed E-state index contributed by atoms with van der Waals surface area (Å²) < 4.78 is 0. The molecular formula is C17H21Cl2N3O. The number of rotatable bonds is 4. The lowest BCUT2D eigenvalue weighted by atomic mass is 10.1. The quantitative estimate of drug-likeness (QED) is 0.888. The van der Waals surface area contributed by atoms with E-state index in [0.29, 0.717) is 13.0 Å². The van der Waals surface area contributed by atoms with Gasteiger partial charge in [-0.3, -0.25) is 9.78 Å². The first-order valence-corrected chi connectivity index (χ1v) is 7.20. The summed E-state index contributed by atoms with van der Waals surface area (Å²) in [6.07, 6.45) is 2.13. The van der Waals surface area contributed by atoms with E-state index in [9.17, 15) is 4.79 Å². The van der Waals surface area contributed by atoms with E-state index in [1.54, 1.807) is 6.20 Å². The minimum Gasteiger partial charge on any atom is -0.352 e. The first kappa shape index (κ1) is 19.4. The topological polar surface area (TPSA) is 54.0 Å². The summed E-state index contributed by atoms with van der Waals surface area (Å²) in [5.41, 5.74) is 5.75. The molecule has 0 saturated heterocycles. The van der Waals surface area contributed by atoms with Gasteiger partial charge >= 0.3 is 0 Å². The Morgan fingerprint density at radius 1 is 1.13 bits per heavy atom. The molecule has 0 fully saturated rings. The Hall–Kier alpha value is -1.62. The number of carbonyl (C=O) groups excluding carboxylic acids is 1. The lowest BCUT2D eigenvalue weighted by Gasteiger charge is -2.07. The number of halogens is 2. The Morgan fingerprint density at radius 2 is 1.87 bits per heavy atom. The fourth-order valence-corrected chi connectivity index (χ4v) is 2.51. The van der Waals surface area contributed by atoms with E-state index in [-0.39, 0.29) is 30.7 Å². The second kappa shape index (κ2) is 8.87. The summed E-state index contributed by atoms with van der Waals surface area (Å²) >= 11 is 0. The van der Waals surface area contributed by atoms with E-state index in [1.807, 2.05) is 19.1 Å². The van der Waals surface area contributed by atoms with Crippen LogP contribution in [0.2, 0.25) is 0 Å². The number of aromatic nitrogens is 1. The molecule has 1 aliphatic heterocycles. The number of nitrogens with one attached hydrogen (secondary N) is 2. The summed E-state index contributed by atoms with van der Waals surface area (Å²) in [5.74, 6) is 0.0271. The summed E-state index contributed by atoms with van der Waals surface area (Å²) in [4.78, 5) is 16.2. The SMILES string of the molecule is Cc1ccc(CC(=O)NCc2ccc3c(c2)CNC3)cn1.Cl.Cl. The highest BCUT2D eigenvalue weighted by Gasteiger charge is 2.10. The third-order valence-electron chi connectivity index (χ3n) is 3.73. The Kier molecular flexibility index (Phi) is 7.49. The number of pyridine rings is 1. The summed E-state index contributed by atoms with van der Waals surface area (Å²) in [7, 11) is 0. The molecule has 2 heterocycles. The third-order valence-corrected chi connectivity index (χ3v) is 3.73. The molecule has 0 spiro atoms. The Morgan fingerprint density at radius 3 is 2.61 bits per heavy atom. The van der Waals surface area contributed by atoms with E-state index < -0.39 is 0 Å². The maximum atomic E-state index is 12.0. The zero-order valence-electron chi connectivity index (χ0n) is 13.0. The first-order valence-electron chi connectivity index (χ1n) is 7.20. The van der Waals surface area contributed by atoms with Gasteiger partial charge < -0.3 is 10.6 Å². The molecule has 0 aliphatic carbocycles. The third kappa shape index (κ3) is 5.20. The van der Waals surface area contributed by atoms with Crippen LogP contribution >= 0.6 is 24.8 Å². The largest absolute Gasteiger partial charge is 0.352 e. The maximum absolute atomic E-state index is 12.0. The van der Waals surface area contributed by atoms with Crippen LogP contribution in [0.15, 0.2) is 36.5 Å². The minimum atomic E-state index is 0. The Bertz CT molecular complexity index is 659. The number of hydrogen-bond donors (Lipinski definition) is 2. The van der Waals surface area contributed by atoms with Crippen LogP contribution in [0.4, 0.5) is 0 Å².